The third-order valence-corrected chi connectivity index (χ3v) is 5.29. The number of para-hydroxylation sites is 1. The Hall–Kier alpha value is -3.93. The predicted octanol–water partition coefficient (Wildman–Crippen LogP) is 4.10. The van der Waals surface area contributed by atoms with E-state index < -0.39 is 0 Å². The van der Waals surface area contributed by atoms with Crippen molar-refractivity contribution in [3.8, 4) is 5.75 Å². The van der Waals surface area contributed by atoms with Gasteiger partial charge >= 0.3 is 0 Å². The average Bonchev–Trinajstić information content (AvgIpc) is 3.01. The predicted molar refractivity (Wildman–Crippen MR) is 119 cm³/mol. The number of hydrogen-bond acceptors (Lipinski definition) is 5. The van der Waals surface area contributed by atoms with Crippen LogP contribution in [-0.4, -0.2) is 28.8 Å². The Bertz CT molecular complexity index is 1190. The summed E-state index contributed by atoms with van der Waals surface area (Å²) < 4.78 is 5.48. The molecule has 2 aromatic carbocycles. The number of imide groups is 1. The zero-order valence-corrected chi connectivity index (χ0v) is 17.7. The first-order chi connectivity index (χ1) is 15.0. The summed E-state index contributed by atoms with van der Waals surface area (Å²) in [7, 11) is 1.55. The number of carbonyl (C=O) groups excluding carboxylic acids is 2. The van der Waals surface area contributed by atoms with Gasteiger partial charge in [-0.3, -0.25) is 19.5 Å². The van der Waals surface area contributed by atoms with Gasteiger partial charge in [-0.25, -0.2) is 0 Å². The van der Waals surface area contributed by atoms with E-state index in [1.165, 1.54) is 4.90 Å². The summed E-state index contributed by atoms with van der Waals surface area (Å²) in [4.78, 5) is 32.2. The first-order valence-electron chi connectivity index (χ1n) is 9.96. The summed E-state index contributed by atoms with van der Waals surface area (Å²) in [6.07, 6.45) is 3.29. The van der Waals surface area contributed by atoms with Crippen LogP contribution in [0, 0.1) is 13.8 Å². The fraction of sp³-hybridized carbons (Fsp3) is 0.160. The zero-order valence-electron chi connectivity index (χ0n) is 17.7. The van der Waals surface area contributed by atoms with E-state index in [4.69, 9.17) is 4.74 Å². The van der Waals surface area contributed by atoms with Crippen molar-refractivity contribution >= 4 is 23.1 Å². The number of anilines is 1. The normalized spacial score (nSPS) is 13.7. The molecule has 6 nitrogen and oxygen atoms in total. The van der Waals surface area contributed by atoms with Crippen LogP contribution in [-0.2, 0) is 16.1 Å². The Morgan fingerprint density at radius 1 is 0.968 bits per heavy atom. The lowest BCUT2D eigenvalue weighted by atomic mass is 10.0. The SMILES string of the molecule is COc1ccccc1C1=C(Nc2cc(C)ccc2C)C(=O)N(Cc2ccncc2)C1=O. The molecule has 0 bridgehead atoms. The van der Waals surface area contributed by atoms with E-state index in [0.29, 0.717) is 16.9 Å². The van der Waals surface area contributed by atoms with Crippen LogP contribution in [0.2, 0.25) is 0 Å². The molecule has 1 aliphatic heterocycles. The molecule has 4 rings (SSSR count). The van der Waals surface area contributed by atoms with Crippen molar-refractivity contribution in [2.75, 3.05) is 12.4 Å². The largest absolute Gasteiger partial charge is 0.496 e. The molecule has 0 saturated carbocycles. The van der Waals surface area contributed by atoms with Gasteiger partial charge in [0.1, 0.15) is 11.4 Å². The Morgan fingerprint density at radius 2 is 1.71 bits per heavy atom. The molecule has 2 amide bonds. The molecule has 0 fully saturated rings. The van der Waals surface area contributed by atoms with Gasteiger partial charge in [-0.2, -0.15) is 0 Å². The number of methoxy groups -OCH3 is 1. The number of benzene rings is 2. The van der Waals surface area contributed by atoms with Crippen LogP contribution < -0.4 is 10.1 Å². The molecule has 2 heterocycles. The molecule has 0 radical (unpaired) electrons. The third kappa shape index (κ3) is 3.92. The maximum Gasteiger partial charge on any atom is 0.278 e. The van der Waals surface area contributed by atoms with Crippen molar-refractivity contribution in [2.24, 2.45) is 0 Å². The van der Waals surface area contributed by atoms with Gasteiger partial charge in [0.2, 0.25) is 0 Å². The molecule has 0 spiro atoms. The molecule has 0 saturated heterocycles. The second-order valence-electron chi connectivity index (χ2n) is 7.45. The average molecular weight is 413 g/mol. The number of aromatic nitrogens is 1. The number of hydrogen-bond donors (Lipinski definition) is 1. The Balaban J connectivity index is 1.82. The fourth-order valence-electron chi connectivity index (χ4n) is 3.61. The van der Waals surface area contributed by atoms with E-state index in [1.54, 1.807) is 43.8 Å². The molecule has 0 unspecified atom stereocenters. The van der Waals surface area contributed by atoms with Crippen molar-refractivity contribution in [3.05, 3.63) is 94.9 Å². The number of amides is 2. The molecule has 1 aromatic heterocycles. The van der Waals surface area contributed by atoms with E-state index in [0.717, 1.165) is 22.4 Å². The monoisotopic (exact) mass is 413 g/mol. The second kappa shape index (κ2) is 8.44. The van der Waals surface area contributed by atoms with Crippen LogP contribution in [0.5, 0.6) is 5.75 Å². The summed E-state index contributed by atoms with van der Waals surface area (Å²) in [5.74, 6) is -0.201. The standard InChI is InChI=1S/C25H23N3O3/c1-16-8-9-17(2)20(14-16)27-23-22(19-6-4-5-7-21(19)31-3)24(29)28(25(23)30)15-18-10-12-26-13-11-18/h4-14,27H,15H2,1-3H3. The summed E-state index contributed by atoms with van der Waals surface area (Å²) >= 11 is 0. The lowest BCUT2D eigenvalue weighted by molar-refractivity contribution is -0.137. The zero-order chi connectivity index (χ0) is 22.0. The van der Waals surface area contributed by atoms with Gasteiger partial charge in [-0.15, -0.1) is 0 Å². The number of nitrogens with zero attached hydrogens (tertiary/aromatic N) is 2. The number of ether oxygens (including phenoxy) is 1. The summed E-state index contributed by atoms with van der Waals surface area (Å²) in [5, 5.41) is 3.25. The van der Waals surface area contributed by atoms with Crippen LogP contribution in [0.4, 0.5) is 5.69 Å². The van der Waals surface area contributed by atoms with Gasteiger partial charge in [0.05, 0.1) is 19.2 Å². The summed E-state index contributed by atoms with van der Waals surface area (Å²) in [6.45, 7) is 4.11. The summed E-state index contributed by atoms with van der Waals surface area (Å²) in [5.41, 5.74) is 4.77. The minimum Gasteiger partial charge on any atom is -0.496 e. The smallest absolute Gasteiger partial charge is 0.278 e. The van der Waals surface area contributed by atoms with E-state index in [1.807, 2.05) is 44.2 Å². The van der Waals surface area contributed by atoms with Gasteiger partial charge in [0.15, 0.2) is 0 Å². The first kappa shape index (κ1) is 20.3. The Labute approximate surface area is 181 Å². The van der Waals surface area contributed by atoms with Crippen molar-refractivity contribution in [2.45, 2.75) is 20.4 Å². The third-order valence-electron chi connectivity index (χ3n) is 5.29. The minimum atomic E-state index is -0.372. The van der Waals surface area contributed by atoms with Crippen molar-refractivity contribution < 1.29 is 14.3 Å². The quantitative estimate of drug-likeness (QED) is 0.616. The van der Waals surface area contributed by atoms with Crippen LogP contribution in [0.3, 0.4) is 0 Å². The molecule has 6 heteroatoms. The van der Waals surface area contributed by atoms with E-state index >= 15 is 0 Å². The fourth-order valence-corrected chi connectivity index (χ4v) is 3.61. The minimum absolute atomic E-state index is 0.164. The van der Waals surface area contributed by atoms with Gasteiger partial charge in [0.25, 0.3) is 11.8 Å². The lowest BCUT2D eigenvalue weighted by Crippen LogP contribution is -2.32. The lowest BCUT2D eigenvalue weighted by Gasteiger charge is -2.16. The molecular formula is C25H23N3O3. The molecule has 31 heavy (non-hydrogen) atoms. The molecule has 0 atom stereocenters. The van der Waals surface area contributed by atoms with Crippen molar-refractivity contribution in [1.82, 2.24) is 9.88 Å². The van der Waals surface area contributed by atoms with Crippen LogP contribution in [0.15, 0.2) is 72.7 Å². The highest BCUT2D eigenvalue weighted by molar-refractivity contribution is 6.37. The molecule has 1 N–H and O–H groups in total. The molecule has 3 aromatic rings. The maximum absolute atomic E-state index is 13.5. The number of pyridine rings is 1. The Kier molecular flexibility index (Phi) is 5.54. The van der Waals surface area contributed by atoms with E-state index in [9.17, 15) is 9.59 Å². The molecule has 1 aliphatic rings. The topological polar surface area (TPSA) is 71.5 Å². The highest BCUT2D eigenvalue weighted by atomic mass is 16.5. The number of carbonyl (C=O) groups is 2. The molecule has 156 valence electrons. The van der Waals surface area contributed by atoms with Crippen LogP contribution in [0.25, 0.3) is 5.57 Å². The van der Waals surface area contributed by atoms with Crippen molar-refractivity contribution in [3.63, 3.8) is 0 Å². The van der Waals surface area contributed by atoms with Gasteiger partial charge < -0.3 is 10.1 Å². The Morgan fingerprint density at radius 3 is 2.45 bits per heavy atom. The summed E-state index contributed by atoms with van der Waals surface area (Å²) in [6, 6.07) is 16.8. The second-order valence-corrected chi connectivity index (χ2v) is 7.45. The van der Waals surface area contributed by atoms with Gasteiger partial charge in [-0.1, -0.05) is 30.3 Å². The van der Waals surface area contributed by atoms with Crippen LogP contribution >= 0.6 is 0 Å². The number of rotatable bonds is 6. The highest BCUT2D eigenvalue weighted by Crippen LogP contribution is 2.36. The number of aryl methyl sites for hydroxylation is 2. The van der Waals surface area contributed by atoms with Crippen molar-refractivity contribution in [1.29, 1.82) is 0 Å². The molecule has 0 aliphatic carbocycles. The highest BCUT2D eigenvalue weighted by Gasteiger charge is 2.40. The van der Waals surface area contributed by atoms with E-state index in [2.05, 4.69) is 10.3 Å². The molecular weight excluding hydrogens is 390 g/mol. The maximum atomic E-state index is 13.5. The van der Waals surface area contributed by atoms with Gasteiger partial charge in [0, 0.05) is 23.6 Å². The van der Waals surface area contributed by atoms with E-state index in [-0.39, 0.29) is 24.1 Å². The van der Waals surface area contributed by atoms with Crippen LogP contribution in [0.1, 0.15) is 22.3 Å². The first-order valence-corrected chi connectivity index (χ1v) is 9.96. The number of nitrogens with one attached hydrogen (secondary N) is 1. The van der Waals surface area contributed by atoms with Gasteiger partial charge in [-0.05, 0) is 54.8 Å².